The Morgan fingerprint density at radius 3 is 2.68 bits per heavy atom. The van der Waals surface area contributed by atoms with Crippen molar-refractivity contribution in [2.45, 2.75) is 25.8 Å². The van der Waals surface area contributed by atoms with Crippen molar-refractivity contribution in [1.29, 1.82) is 5.26 Å². The van der Waals surface area contributed by atoms with E-state index in [0.717, 1.165) is 24.0 Å². The van der Waals surface area contributed by atoms with Crippen LogP contribution in [0.2, 0.25) is 0 Å². The topological polar surface area (TPSA) is 126 Å². The van der Waals surface area contributed by atoms with E-state index in [-0.39, 0.29) is 11.9 Å². The van der Waals surface area contributed by atoms with Crippen LogP contribution >= 0.6 is 0 Å². The molecule has 10 heteroatoms. The molecule has 194 valence electrons. The lowest BCUT2D eigenvalue weighted by Crippen LogP contribution is -2.28. The first-order chi connectivity index (χ1) is 18.4. The maximum Gasteiger partial charge on any atom is 0.255 e. The fourth-order valence-corrected chi connectivity index (χ4v) is 4.52. The van der Waals surface area contributed by atoms with Crippen molar-refractivity contribution in [2.75, 3.05) is 39.7 Å². The number of furan rings is 1. The van der Waals surface area contributed by atoms with Gasteiger partial charge in [-0.3, -0.25) is 9.78 Å². The quantitative estimate of drug-likeness (QED) is 0.399. The molecule has 5 heterocycles. The number of amides is 1. The van der Waals surface area contributed by atoms with E-state index in [4.69, 9.17) is 13.9 Å². The minimum atomic E-state index is -0.180. The average Bonchev–Trinajstić information content (AvgIpc) is 3.37. The molecule has 0 radical (unpaired) electrons. The highest BCUT2D eigenvalue weighted by Gasteiger charge is 2.22. The lowest BCUT2D eigenvalue weighted by molar-refractivity contribution is 0.0826. The zero-order valence-corrected chi connectivity index (χ0v) is 21.7. The number of methoxy groups -OCH3 is 1. The van der Waals surface area contributed by atoms with Gasteiger partial charge in [-0.25, -0.2) is 9.97 Å². The largest absolute Gasteiger partial charge is 0.494 e. The van der Waals surface area contributed by atoms with Crippen LogP contribution in [0.3, 0.4) is 0 Å². The van der Waals surface area contributed by atoms with E-state index in [0.29, 0.717) is 64.2 Å². The molecule has 0 saturated carbocycles. The fraction of sp³-hybridized carbons (Fsp3) is 0.321. The van der Waals surface area contributed by atoms with Crippen molar-refractivity contribution in [1.82, 2.24) is 19.9 Å². The first kappa shape index (κ1) is 25.2. The molecule has 4 aromatic heterocycles. The van der Waals surface area contributed by atoms with Gasteiger partial charge in [0.15, 0.2) is 17.0 Å². The lowest BCUT2D eigenvalue weighted by atomic mass is 10.0. The van der Waals surface area contributed by atoms with Gasteiger partial charge in [-0.15, -0.1) is 0 Å². The molecular formula is C28H28N6O4. The highest BCUT2D eigenvalue weighted by molar-refractivity contribution is 5.96. The van der Waals surface area contributed by atoms with Crippen molar-refractivity contribution >= 4 is 22.7 Å². The second-order valence-corrected chi connectivity index (χ2v) is 9.35. The van der Waals surface area contributed by atoms with E-state index >= 15 is 0 Å². The van der Waals surface area contributed by atoms with E-state index in [1.165, 1.54) is 18.2 Å². The highest BCUT2D eigenvalue weighted by Crippen LogP contribution is 2.38. The number of ether oxygens (including phenoxy) is 2. The van der Waals surface area contributed by atoms with Crippen molar-refractivity contribution in [3.63, 3.8) is 0 Å². The van der Waals surface area contributed by atoms with Crippen molar-refractivity contribution < 1.29 is 18.7 Å². The summed E-state index contributed by atoms with van der Waals surface area (Å²) in [5.74, 6) is 0.669. The summed E-state index contributed by atoms with van der Waals surface area (Å²) in [4.78, 5) is 27.5. The summed E-state index contributed by atoms with van der Waals surface area (Å²) in [5, 5.41) is 13.3. The molecule has 1 saturated heterocycles. The van der Waals surface area contributed by atoms with Crippen LogP contribution in [0.15, 0.2) is 41.1 Å². The Kier molecular flexibility index (Phi) is 6.94. The third-order valence-electron chi connectivity index (χ3n) is 6.53. The third-order valence-corrected chi connectivity index (χ3v) is 6.53. The molecule has 5 rings (SSSR count). The molecule has 0 unspecified atom stereocenters. The Bertz CT molecular complexity index is 1550. The molecule has 1 aliphatic rings. The van der Waals surface area contributed by atoms with Crippen molar-refractivity contribution in [3.05, 3.63) is 53.5 Å². The summed E-state index contributed by atoms with van der Waals surface area (Å²) in [6.07, 6.45) is 5.02. The molecule has 38 heavy (non-hydrogen) atoms. The van der Waals surface area contributed by atoms with Crippen LogP contribution in [0, 0.1) is 18.3 Å². The molecule has 4 aromatic rings. The van der Waals surface area contributed by atoms with Gasteiger partial charge in [0.25, 0.3) is 5.91 Å². The molecule has 1 fully saturated rings. The Balaban J connectivity index is 1.55. The number of aromatic nitrogens is 3. The highest BCUT2D eigenvalue weighted by atomic mass is 16.5. The van der Waals surface area contributed by atoms with Gasteiger partial charge in [0.05, 0.1) is 24.1 Å². The van der Waals surface area contributed by atoms with Crippen LogP contribution in [0.5, 0.6) is 5.75 Å². The second-order valence-electron chi connectivity index (χ2n) is 9.35. The number of aryl methyl sites for hydroxylation is 1. The molecule has 0 aliphatic carbocycles. The van der Waals surface area contributed by atoms with Crippen molar-refractivity contribution in [2.24, 2.45) is 0 Å². The zero-order valence-electron chi connectivity index (χ0n) is 21.7. The van der Waals surface area contributed by atoms with Crippen LogP contribution in [-0.4, -0.2) is 66.2 Å². The number of anilines is 1. The second kappa shape index (κ2) is 10.5. The Hall–Kier alpha value is -4.49. The van der Waals surface area contributed by atoms with Gasteiger partial charge in [-0.05, 0) is 43.5 Å². The molecule has 0 atom stereocenters. The van der Waals surface area contributed by atoms with Crippen LogP contribution in [0.4, 0.5) is 5.69 Å². The van der Waals surface area contributed by atoms with Crippen molar-refractivity contribution in [3.8, 4) is 34.5 Å². The number of carbonyl (C=O) groups is 1. The predicted octanol–water partition coefficient (Wildman–Crippen LogP) is 4.43. The number of nitriles is 1. The minimum Gasteiger partial charge on any atom is -0.494 e. The number of nitrogens with zero attached hydrogens (tertiary/aromatic N) is 5. The standard InChI is InChI=1S/C28H28N6O4/c1-16-14-30-21-12-24(26-23(36-4)11-17(15-31-26)28(35)34(2)3)38-27(21)25(16)20-6-5-19(22(13-29)33-20)32-18-7-9-37-10-8-18/h5-6,11-12,14-15,18,32H,7-10H2,1-4H3. The van der Waals surface area contributed by atoms with Crippen LogP contribution < -0.4 is 10.1 Å². The smallest absolute Gasteiger partial charge is 0.255 e. The lowest BCUT2D eigenvalue weighted by Gasteiger charge is -2.24. The van der Waals surface area contributed by atoms with E-state index in [1.807, 2.05) is 19.1 Å². The zero-order chi connectivity index (χ0) is 26.8. The Morgan fingerprint density at radius 1 is 1.18 bits per heavy atom. The van der Waals surface area contributed by atoms with Gasteiger partial charge in [0.1, 0.15) is 23.0 Å². The molecule has 1 aliphatic heterocycles. The first-order valence-electron chi connectivity index (χ1n) is 12.3. The fourth-order valence-electron chi connectivity index (χ4n) is 4.52. The van der Waals surface area contributed by atoms with Crippen LogP contribution in [0.1, 0.15) is 34.5 Å². The number of fused-ring (bicyclic) bond motifs is 1. The van der Waals surface area contributed by atoms with Gasteiger partial charge < -0.3 is 24.1 Å². The van der Waals surface area contributed by atoms with Crippen LogP contribution in [-0.2, 0) is 4.74 Å². The summed E-state index contributed by atoms with van der Waals surface area (Å²) in [7, 11) is 4.87. The molecule has 0 aromatic carbocycles. The maximum atomic E-state index is 12.4. The molecule has 1 amide bonds. The van der Waals surface area contributed by atoms with Gasteiger partial charge in [0, 0.05) is 57.4 Å². The number of nitrogens with one attached hydrogen (secondary N) is 1. The summed E-state index contributed by atoms with van der Waals surface area (Å²) in [6.45, 7) is 3.33. The number of hydrogen-bond acceptors (Lipinski definition) is 9. The minimum absolute atomic E-state index is 0.180. The Morgan fingerprint density at radius 2 is 1.97 bits per heavy atom. The number of carbonyl (C=O) groups excluding carboxylic acids is 1. The number of rotatable bonds is 6. The monoisotopic (exact) mass is 512 g/mol. The van der Waals surface area contributed by atoms with Gasteiger partial charge in [-0.1, -0.05) is 0 Å². The number of pyridine rings is 3. The average molecular weight is 513 g/mol. The van der Waals surface area contributed by atoms with Gasteiger partial charge in [-0.2, -0.15) is 5.26 Å². The van der Waals surface area contributed by atoms with Gasteiger partial charge >= 0.3 is 0 Å². The molecular weight excluding hydrogens is 484 g/mol. The summed E-state index contributed by atoms with van der Waals surface area (Å²) in [5.41, 5.74) is 5.22. The molecule has 1 N–H and O–H groups in total. The Labute approximate surface area is 220 Å². The molecule has 10 nitrogen and oxygen atoms in total. The summed E-state index contributed by atoms with van der Waals surface area (Å²) >= 11 is 0. The maximum absolute atomic E-state index is 12.4. The molecule has 0 bridgehead atoms. The third kappa shape index (κ3) is 4.76. The summed E-state index contributed by atoms with van der Waals surface area (Å²) < 4.78 is 17.3. The molecule has 0 spiro atoms. The van der Waals surface area contributed by atoms with E-state index < -0.39 is 0 Å². The SMILES string of the molecule is COc1cc(C(=O)N(C)C)cnc1-c1cc2ncc(C)c(-c3ccc(NC4CCOCC4)c(C#N)n3)c2o1. The van der Waals surface area contributed by atoms with Gasteiger partial charge in [0.2, 0.25) is 0 Å². The van der Waals surface area contributed by atoms with E-state index in [2.05, 4.69) is 26.3 Å². The van der Waals surface area contributed by atoms with Crippen LogP contribution in [0.25, 0.3) is 33.8 Å². The first-order valence-corrected chi connectivity index (χ1v) is 12.3. The summed E-state index contributed by atoms with van der Waals surface area (Å²) in [6, 6.07) is 9.66. The predicted molar refractivity (Wildman–Crippen MR) is 142 cm³/mol. The van der Waals surface area contributed by atoms with E-state index in [1.54, 1.807) is 32.4 Å². The number of hydrogen-bond donors (Lipinski definition) is 1. The van der Waals surface area contributed by atoms with E-state index in [9.17, 15) is 10.1 Å². The normalized spacial score (nSPS) is 13.8.